The summed E-state index contributed by atoms with van der Waals surface area (Å²) in [5, 5.41) is 9.43. The minimum absolute atomic E-state index is 0.295. The van der Waals surface area contributed by atoms with Gasteiger partial charge in [0.1, 0.15) is 10.8 Å². The van der Waals surface area contributed by atoms with Crippen LogP contribution in [0.2, 0.25) is 0 Å². The summed E-state index contributed by atoms with van der Waals surface area (Å²) < 4.78 is 13.9. The van der Waals surface area contributed by atoms with Crippen LogP contribution in [0.1, 0.15) is 22.2 Å². The van der Waals surface area contributed by atoms with Crippen molar-refractivity contribution in [3.8, 4) is 10.6 Å². The van der Waals surface area contributed by atoms with Gasteiger partial charge in [0.05, 0.1) is 6.04 Å². The van der Waals surface area contributed by atoms with E-state index in [1.54, 1.807) is 12.1 Å². The Morgan fingerprint density at radius 3 is 2.62 bits per heavy atom. The monoisotopic (exact) mass is 299 g/mol. The summed E-state index contributed by atoms with van der Waals surface area (Å²) in [5.41, 5.74) is 8.61. The SMILES string of the molecule is Cc1ccc(F)c(-c2nnc(C(N)c3ccccc3)s2)c1. The van der Waals surface area contributed by atoms with Gasteiger partial charge in [-0.2, -0.15) is 0 Å². The van der Waals surface area contributed by atoms with Crippen LogP contribution in [0, 0.1) is 12.7 Å². The second-order valence-electron chi connectivity index (χ2n) is 4.82. The molecule has 0 bridgehead atoms. The first-order valence-electron chi connectivity index (χ1n) is 6.55. The molecule has 3 nitrogen and oxygen atoms in total. The van der Waals surface area contributed by atoms with E-state index in [4.69, 9.17) is 5.73 Å². The Morgan fingerprint density at radius 2 is 1.86 bits per heavy atom. The van der Waals surface area contributed by atoms with Crippen molar-refractivity contribution in [3.63, 3.8) is 0 Å². The van der Waals surface area contributed by atoms with Gasteiger partial charge in [-0.1, -0.05) is 53.3 Å². The number of halogens is 1. The Hall–Kier alpha value is -2.11. The second-order valence-corrected chi connectivity index (χ2v) is 5.83. The van der Waals surface area contributed by atoms with E-state index in [0.29, 0.717) is 15.6 Å². The van der Waals surface area contributed by atoms with Crippen LogP contribution in [0.25, 0.3) is 10.6 Å². The average molecular weight is 299 g/mol. The van der Waals surface area contributed by atoms with Crippen molar-refractivity contribution in [1.82, 2.24) is 10.2 Å². The first-order chi connectivity index (χ1) is 10.1. The van der Waals surface area contributed by atoms with E-state index in [1.807, 2.05) is 37.3 Å². The van der Waals surface area contributed by atoms with Crippen molar-refractivity contribution >= 4 is 11.3 Å². The van der Waals surface area contributed by atoms with Crippen LogP contribution in [0.5, 0.6) is 0 Å². The van der Waals surface area contributed by atoms with Gasteiger partial charge in [-0.3, -0.25) is 0 Å². The van der Waals surface area contributed by atoms with E-state index in [-0.39, 0.29) is 11.9 Å². The third-order valence-corrected chi connectivity index (χ3v) is 4.26. The molecule has 5 heteroatoms. The molecule has 0 aliphatic heterocycles. The van der Waals surface area contributed by atoms with Gasteiger partial charge in [0.25, 0.3) is 0 Å². The Balaban J connectivity index is 1.95. The lowest BCUT2D eigenvalue weighted by Gasteiger charge is -2.07. The average Bonchev–Trinajstić information content (AvgIpc) is 2.99. The zero-order chi connectivity index (χ0) is 14.8. The van der Waals surface area contributed by atoms with Crippen molar-refractivity contribution < 1.29 is 4.39 Å². The van der Waals surface area contributed by atoms with E-state index in [1.165, 1.54) is 17.4 Å². The minimum atomic E-state index is -0.342. The van der Waals surface area contributed by atoms with Gasteiger partial charge < -0.3 is 5.73 Å². The Bertz CT molecular complexity index is 755. The van der Waals surface area contributed by atoms with Crippen LogP contribution in [-0.4, -0.2) is 10.2 Å². The molecule has 1 atom stereocenters. The van der Waals surface area contributed by atoms with Crippen molar-refractivity contribution in [3.05, 3.63) is 70.5 Å². The van der Waals surface area contributed by atoms with Crippen molar-refractivity contribution in [1.29, 1.82) is 0 Å². The molecule has 1 unspecified atom stereocenters. The first kappa shape index (κ1) is 13.9. The number of benzene rings is 2. The van der Waals surface area contributed by atoms with Gasteiger partial charge in [0, 0.05) is 5.56 Å². The summed E-state index contributed by atoms with van der Waals surface area (Å²) in [4.78, 5) is 0. The lowest BCUT2D eigenvalue weighted by molar-refractivity contribution is 0.630. The van der Waals surface area contributed by atoms with Crippen molar-refractivity contribution in [2.24, 2.45) is 5.73 Å². The lowest BCUT2D eigenvalue weighted by atomic mass is 10.1. The summed E-state index contributed by atoms with van der Waals surface area (Å²) >= 11 is 1.32. The molecule has 1 aromatic heterocycles. The molecule has 21 heavy (non-hydrogen) atoms. The summed E-state index contributed by atoms with van der Waals surface area (Å²) in [7, 11) is 0. The largest absolute Gasteiger partial charge is 0.318 e. The van der Waals surface area contributed by atoms with Crippen LogP contribution in [0.4, 0.5) is 4.39 Å². The van der Waals surface area contributed by atoms with E-state index in [0.717, 1.165) is 11.1 Å². The fourth-order valence-electron chi connectivity index (χ4n) is 2.08. The molecule has 2 aromatic carbocycles. The molecule has 106 valence electrons. The predicted octanol–water partition coefficient (Wildman–Crippen LogP) is 3.70. The lowest BCUT2D eigenvalue weighted by Crippen LogP contribution is -2.11. The number of rotatable bonds is 3. The highest BCUT2D eigenvalue weighted by atomic mass is 32.1. The maximum Gasteiger partial charge on any atom is 0.150 e. The number of nitrogens with zero attached hydrogens (tertiary/aromatic N) is 2. The molecule has 0 amide bonds. The molecule has 0 saturated heterocycles. The molecular formula is C16H14FN3S. The molecule has 0 aliphatic carbocycles. The smallest absolute Gasteiger partial charge is 0.150 e. The quantitative estimate of drug-likeness (QED) is 0.802. The number of hydrogen-bond donors (Lipinski definition) is 1. The van der Waals surface area contributed by atoms with Gasteiger partial charge in [0.2, 0.25) is 0 Å². The Morgan fingerprint density at radius 1 is 1.10 bits per heavy atom. The normalized spacial score (nSPS) is 12.3. The third-order valence-electron chi connectivity index (χ3n) is 3.22. The second kappa shape index (κ2) is 5.71. The molecular weight excluding hydrogens is 285 g/mol. The summed E-state index contributed by atoms with van der Waals surface area (Å²) in [5.74, 6) is -0.295. The first-order valence-corrected chi connectivity index (χ1v) is 7.37. The fraction of sp³-hybridized carbons (Fsp3) is 0.125. The number of nitrogens with two attached hydrogens (primary N) is 1. The molecule has 0 aliphatic rings. The molecule has 3 rings (SSSR count). The van der Waals surface area contributed by atoms with Gasteiger partial charge in [-0.05, 0) is 24.6 Å². The van der Waals surface area contributed by atoms with Crippen LogP contribution in [0.3, 0.4) is 0 Å². The van der Waals surface area contributed by atoms with Gasteiger partial charge in [-0.25, -0.2) is 4.39 Å². The summed E-state index contributed by atoms with van der Waals surface area (Å²) in [6, 6.07) is 14.3. The number of aryl methyl sites for hydroxylation is 1. The molecule has 0 saturated carbocycles. The van der Waals surface area contributed by atoms with E-state index < -0.39 is 0 Å². The Labute approximate surface area is 126 Å². The predicted molar refractivity (Wildman–Crippen MR) is 82.5 cm³/mol. The van der Waals surface area contributed by atoms with Crippen LogP contribution >= 0.6 is 11.3 Å². The maximum absolute atomic E-state index is 13.9. The van der Waals surface area contributed by atoms with Gasteiger partial charge in [0.15, 0.2) is 5.01 Å². The molecule has 2 N–H and O–H groups in total. The van der Waals surface area contributed by atoms with Crippen molar-refractivity contribution in [2.45, 2.75) is 13.0 Å². The van der Waals surface area contributed by atoms with Crippen LogP contribution in [0.15, 0.2) is 48.5 Å². The maximum atomic E-state index is 13.9. The minimum Gasteiger partial charge on any atom is -0.318 e. The van der Waals surface area contributed by atoms with Crippen LogP contribution < -0.4 is 5.73 Å². The molecule has 0 radical (unpaired) electrons. The summed E-state index contributed by atoms with van der Waals surface area (Å²) in [6.45, 7) is 1.92. The number of aromatic nitrogens is 2. The van der Waals surface area contributed by atoms with E-state index >= 15 is 0 Å². The number of hydrogen-bond acceptors (Lipinski definition) is 4. The topological polar surface area (TPSA) is 51.8 Å². The third kappa shape index (κ3) is 2.84. The summed E-state index contributed by atoms with van der Waals surface area (Å²) in [6.07, 6.45) is 0. The zero-order valence-corrected chi connectivity index (χ0v) is 12.3. The molecule has 1 heterocycles. The van der Waals surface area contributed by atoms with E-state index in [9.17, 15) is 4.39 Å². The fourth-order valence-corrected chi connectivity index (χ4v) is 2.97. The van der Waals surface area contributed by atoms with Gasteiger partial charge >= 0.3 is 0 Å². The molecule has 0 fully saturated rings. The standard InChI is InChI=1S/C16H14FN3S/c1-10-7-8-13(17)12(9-10)15-19-20-16(21-15)14(18)11-5-3-2-4-6-11/h2-9,14H,18H2,1H3. The van der Waals surface area contributed by atoms with E-state index in [2.05, 4.69) is 10.2 Å². The van der Waals surface area contributed by atoms with Crippen LogP contribution in [-0.2, 0) is 0 Å². The molecule has 0 spiro atoms. The highest BCUT2D eigenvalue weighted by molar-refractivity contribution is 7.14. The highest BCUT2D eigenvalue weighted by Gasteiger charge is 2.17. The highest BCUT2D eigenvalue weighted by Crippen LogP contribution is 2.30. The van der Waals surface area contributed by atoms with Gasteiger partial charge in [-0.15, -0.1) is 10.2 Å². The Kier molecular flexibility index (Phi) is 3.77. The zero-order valence-electron chi connectivity index (χ0n) is 11.5. The van der Waals surface area contributed by atoms with Crippen molar-refractivity contribution in [2.75, 3.05) is 0 Å². The molecule has 3 aromatic rings.